The van der Waals surface area contributed by atoms with Gasteiger partial charge in [0.05, 0.1) is 16.9 Å². The number of halogens is 1. The normalized spacial score (nSPS) is 10.7. The van der Waals surface area contributed by atoms with Crippen LogP contribution in [0, 0.1) is 6.92 Å². The second-order valence-corrected chi connectivity index (χ2v) is 6.24. The molecule has 118 valence electrons. The van der Waals surface area contributed by atoms with Gasteiger partial charge < -0.3 is 10.1 Å². The lowest BCUT2D eigenvalue weighted by Gasteiger charge is -2.05. The van der Waals surface area contributed by atoms with E-state index in [-0.39, 0.29) is 5.91 Å². The molecule has 0 bridgehead atoms. The zero-order chi connectivity index (χ0) is 16.4. The predicted octanol–water partition coefficient (Wildman–Crippen LogP) is 4.30. The third-order valence-corrected chi connectivity index (χ3v) is 4.73. The predicted molar refractivity (Wildman–Crippen MR) is 92.7 cm³/mol. The molecule has 0 aliphatic carbocycles. The first-order valence-corrected chi connectivity index (χ1v) is 8.23. The van der Waals surface area contributed by atoms with Gasteiger partial charge in [-0.2, -0.15) is 0 Å². The molecule has 1 amide bonds. The van der Waals surface area contributed by atoms with Gasteiger partial charge in [0, 0.05) is 10.7 Å². The van der Waals surface area contributed by atoms with Gasteiger partial charge in [-0.25, -0.2) is 9.97 Å². The molecule has 0 fully saturated rings. The summed E-state index contributed by atoms with van der Waals surface area (Å²) in [4.78, 5) is 22.3. The molecular weight excluding hydrogens is 334 g/mol. The van der Waals surface area contributed by atoms with Crippen LogP contribution in [0.3, 0.4) is 0 Å². The first-order valence-electron chi connectivity index (χ1n) is 7.04. The fourth-order valence-corrected chi connectivity index (χ4v) is 3.38. The number of aryl methyl sites for hydroxylation is 1. The van der Waals surface area contributed by atoms with Gasteiger partial charge in [0.25, 0.3) is 5.91 Å². The molecule has 23 heavy (non-hydrogen) atoms. The van der Waals surface area contributed by atoms with E-state index >= 15 is 0 Å². The minimum atomic E-state index is -0.185. The van der Waals surface area contributed by atoms with E-state index in [1.807, 2.05) is 13.8 Å². The molecule has 3 aromatic rings. The van der Waals surface area contributed by atoms with Gasteiger partial charge in [-0.05, 0) is 43.7 Å². The number of amides is 1. The second-order valence-electron chi connectivity index (χ2n) is 4.81. The molecule has 0 aliphatic rings. The van der Waals surface area contributed by atoms with E-state index in [1.54, 1.807) is 24.3 Å². The number of anilines is 1. The van der Waals surface area contributed by atoms with Crippen molar-refractivity contribution in [2.24, 2.45) is 0 Å². The zero-order valence-electron chi connectivity index (χ0n) is 12.6. The van der Waals surface area contributed by atoms with E-state index in [0.717, 1.165) is 15.8 Å². The lowest BCUT2D eigenvalue weighted by atomic mass is 10.2. The van der Waals surface area contributed by atoms with E-state index < -0.39 is 0 Å². The SMILES string of the molecule is CCOc1ncnc2sc(C(=O)Nc3ccc(Cl)cc3)c(C)c12. The summed E-state index contributed by atoms with van der Waals surface area (Å²) in [6.07, 6.45) is 1.45. The molecule has 0 radical (unpaired) electrons. The Labute approximate surface area is 142 Å². The molecule has 1 aromatic carbocycles. The molecule has 0 saturated carbocycles. The highest BCUT2D eigenvalue weighted by molar-refractivity contribution is 7.20. The van der Waals surface area contributed by atoms with Crippen LogP contribution >= 0.6 is 22.9 Å². The molecule has 7 heteroatoms. The fourth-order valence-electron chi connectivity index (χ4n) is 2.22. The lowest BCUT2D eigenvalue weighted by molar-refractivity contribution is 0.103. The monoisotopic (exact) mass is 347 g/mol. The van der Waals surface area contributed by atoms with Gasteiger partial charge >= 0.3 is 0 Å². The van der Waals surface area contributed by atoms with E-state index in [0.29, 0.717) is 28.1 Å². The Morgan fingerprint density at radius 3 is 2.74 bits per heavy atom. The van der Waals surface area contributed by atoms with Crippen LogP contribution in [0.4, 0.5) is 5.69 Å². The topological polar surface area (TPSA) is 64.1 Å². The van der Waals surface area contributed by atoms with Crippen molar-refractivity contribution < 1.29 is 9.53 Å². The lowest BCUT2D eigenvalue weighted by Crippen LogP contribution is -2.11. The summed E-state index contributed by atoms with van der Waals surface area (Å²) < 4.78 is 5.53. The molecule has 0 atom stereocenters. The number of thiophene rings is 1. The average molecular weight is 348 g/mol. The number of benzene rings is 1. The summed E-state index contributed by atoms with van der Waals surface area (Å²) in [7, 11) is 0. The second kappa shape index (κ2) is 6.52. The smallest absolute Gasteiger partial charge is 0.266 e. The third-order valence-electron chi connectivity index (χ3n) is 3.28. The van der Waals surface area contributed by atoms with Crippen LogP contribution in [0.25, 0.3) is 10.2 Å². The number of nitrogens with one attached hydrogen (secondary N) is 1. The number of rotatable bonds is 4. The summed E-state index contributed by atoms with van der Waals surface area (Å²) in [6, 6.07) is 6.98. The Morgan fingerprint density at radius 2 is 2.04 bits per heavy atom. The number of hydrogen-bond acceptors (Lipinski definition) is 5. The number of ether oxygens (including phenoxy) is 1. The van der Waals surface area contributed by atoms with Crippen molar-refractivity contribution in [3.05, 3.63) is 46.1 Å². The first-order chi connectivity index (χ1) is 11.1. The van der Waals surface area contributed by atoms with Gasteiger partial charge in [-0.3, -0.25) is 4.79 Å². The molecule has 3 rings (SSSR count). The summed E-state index contributed by atoms with van der Waals surface area (Å²) in [6.45, 7) is 4.28. The maximum Gasteiger partial charge on any atom is 0.266 e. The van der Waals surface area contributed by atoms with Gasteiger partial charge in [0.2, 0.25) is 5.88 Å². The van der Waals surface area contributed by atoms with Crippen LogP contribution < -0.4 is 10.1 Å². The molecular formula is C16H14ClN3O2S. The van der Waals surface area contributed by atoms with Gasteiger partial charge in [-0.1, -0.05) is 11.6 Å². The Morgan fingerprint density at radius 1 is 1.30 bits per heavy atom. The maximum atomic E-state index is 12.5. The van der Waals surface area contributed by atoms with Crippen molar-refractivity contribution in [2.45, 2.75) is 13.8 Å². The molecule has 5 nitrogen and oxygen atoms in total. The van der Waals surface area contributed by atoms with Crippen LogP contribution in [0.15, 0.2) is 30.6 Å². The Kier molecular flexibility index (Phi) is 4.45. The summed E-state index contributed by atoms with van der Waals surface area (Å²) >= 11 is 7.18. The minimum absolute atomic E-state index is 0.185. The summed E-state index contributed by atoms with van der Waals surface area (Å²) in [5.74, 6) is 0.326. The van der Waals surface area contributed by atoms with Gasteiger partial charge in [-0.15, -0.1) is 11.3 Å². The van der Waals surface area contributed by atoms with Gasteiger partial charge in [0.1, 0.15) is 11.2 Å². The van der Waals surface area contributed by atoms with Crippen molar-refractivity contribution in [1.82, 2.24) is 9.97 Å². The van der Waals surface area contributed by atoms with Gasteiger partial charge in [0.15, 0.2) is 0 Å². The number of carbonyl (C=O) groups excluding carboxylic acids is 1. The summed E-state index contributed by atoms with van der Waals surface area (Å²) in [5.41, 5.74) is 1.51. The third kappa shape index (κ3) is 3.13. The molecule has 0 aliphatic heterocycles. The van der Waals surface area contributed by atoms with E-state index in [2.05, 4.69) is 15.3 Å². The highest BCUT2D eigenvalue weighted by atomic mass is 35.5. The quantitative estimate of drug-likeness (QED) is 0.764. The Balaban J connectivity index is 1.96. The summed E-state index contributed by atoms with van der Waals surface area (Å²) in [5, 5.41) is 4.28. The van der Waals surface area contributed by atoms with Crippen LogP contribution in [0.1, 0.15) is 22.2 Å². The van der Waals surface area contributed by atoms with Crippen LogP contribution in [0.2, 0.25) is 5.02 Å². The van der Waals surface area contributed by atoms with E-state index in [9.17, 15) is 4.79 Å². The molecule has 2 heterocycles. The standard InChI is InChI=1S/C16H14ClN3O2S/c1-3-22-15-12-9(2)13(23-16(12)19-8-18-15)14(21)20-11-6-4-10(17)5-7-11/h4-8H,3H2,1-2H3,(H,20,21). The van der Waals surface area contributed by atoms with Crippen LogP contribution in [0.5, 0.6) is 5.88 Å². The molecule has 0 unspecified atom stereocenters. The van der Waals surface area contributed by atoms with Crippen LogP contribution in [-0.2, 0) is 0 Å². The number of hydrogen-bond donors (Lipinski definition) is 1. The maximum absolute atomic E-state index is 12.5. The largest absolute Gasteiger partial charge is 0.477 e. The highest BCUT2D eigenvalue weighted by Gasteiger charge is 2.20. The Hall–Kier alpha value is -2.18. The molecule has 0 saturated heterocycles. The zero-order valence-corrected chi connectivity index (χ0v) is 14.2. The van der Waals surface area contributed by atoms with Crippen LogP contribution in [-0.4, -0.2) is 22.5 Å². The number of nitrogens with zero attached hydrogens (tertiary/aromatic N) is 2. The van der Waals surface area contributed by atoms with Crippen molar-refractivity contribution in [2.75, 3.05) is 11.9 Å². The first kappa shape index (κ1) is 15.7. The average Bonchev–Trinajstić information content (AvgIpc) is 2.88. The Bertz CT molecular complexity index is 862. The molecule has 2 aromatic heterocycles. The van der Waals surface area contributed by atoms with Crippen molar-refractivity contribution in [1.29, 1.82) is 0 Å². The van der Waals surface area contributed by atoms with Crippen molar-refractivity contribution in [3.8, 4) is 5.88 Å². The highest BCUT2D eigenvalue weighted by Crippen LogP contribution is 2.34. The number of aromatic nitrogens is 2. The molecule has 1 N–H and O–H groups in total. The number of fused-ring (bicyclic) bond motifs is 1. The number of carbonyl (C=O) groups is 1. The van der Waals surface area contributed by atoms with Crippen molar-refractivity contribution in [3.63, 3.8) is 0 Å². The van der Waals surface area contributed by atoms with E-state index in [4.69, 9.17) is 16.3 Å². The van der Waals surface area contributed by atoms with Crippen molar-refractivity contribution >= 4 is 44.7 Å². The fraction of sp³-hybridized carbons (Fsp3) is 0.188. The molecule has 0 spiro atoms. The van der Waals surface area contributed by atoms with E-state index in [1.165, 1.54) is 17.7 Å². The minimum Gasteiger partial charge on any atom is -0.477 e.